The van der Waals surface area contributed by atoms with Crippen LogP contribution >= 0.6 is 0 Å². The summed E-state index contributed by atoms with van der Waals surface area (Å²) in [5, 5.41) is 42.8. The van der Waals surface area contributed by atoms with Gasteiger partial charge >= 0.3 is 36.5 Å². The monoisotopic (exact) mass is 695 g/mol. The van der Waals surface area contributed by atoms with Gasteiger partial charge in [-0.05, 0) is 53.7 Å². The van der Waals surface area contributed by atoms with Gasteiger partial charge in [-0.3, -0.25) is 18.0 Å². The average molecular weight is 696 g/mol. The SMILES string of the molecule is CCN(CC)c1nc(-n2nc(C)cc2C)nc(-n2nc(C)cc2C)n1.O=C(O)CC(O)(CC(=O)O)C(=O)O.O=S(=O)([O-])[O-].[O-2].[V+4]. The quantitative estimate of drug-likeness (QED) is 0.155. The Bertz CT molecular complexity index is 1470. The standard InChI is InChI=1S/C17H24N8.C6H8O7.H2O4S.O.V/c1-7-23(8-2)15-18-16(24-13(5)9-11(3)21-24)20-17(19-15)25-14(6)10-12(4)22-25;7-3(8)1-6(13,5(11)12)2-4(9)10;1-5(2,3)4;;/h9-10H,7-8H2,1-6H3;13H,1-2H2,(H,7,8)(H,9,10)(H,11,12);(H2,1,2,3,4);;/q;;;-2;+4/p-2. The Morgan fingerprint density at radius 1 is 0.822 bits per heavy atom. The number of anilines is 1. The van der Waals surface area contributed by atoms with Crippen LogP contribution in [-0.4, -0.2) is 109 Å². The Morgan fingerprint density at radius 2 is 1.16 bits per heavy atom. The minimum Gasteiger partial charge on any atom is -2.00 e. The van der Waals surface area contributed by atoms with E-state index in [1.54, 1.807) is 9.36 Å². The molecule has 3 aromatic heterocycles. The maximum Gasteiger partial charge on any atom is 4.00 e. The molecule has 0 amide bonds. The molecule has 0 saturated heterocycles. The molecule has 3 rings (SSSR count). The number of hydrogen-bond donors (Lipinski definition) is 4. The van der Waals surface area contributed by atoms with Crippen LogP contribution in [-0.2, 0) is 48.8 Å². The fraction of sp³-hybridized carbons (Fsp3) is 0.478. The second kappa shape index (κ2) is 18.1. The van der Waals surface area contributed by atoms with Gasteiger partial charge in [-0.2, -0.15) is 25.1 Å². The molecule has 45 heavy (non-hydrogen) atoms. The number of carboxylic acids is 3. The van der Waals surface area contributed by atoms with Crippen molar-refractivity contribution in [1.82, 2.24) is 34.5 Å². The van der Waals surface area contributed by atoms with E-state index in [9.17, 15) is 14.4 Å². The molecule has 0 unspecified atom stereocenters. The summed E-state index contributed by atoms with van der Waals surface area (Å²) in [6.45, 7) is 13.7. The van der Waals surface area contributed by atoms with Gasteiger partial charge in [-0.15, -0.1) is 0 Å². The first-order valence-corrected chi connectivity index (χ1v) is 13.7. The van der Waals surface area contributed by atoms with Crippen molar-refractivity contribution < 1.29 is 76.4 Å². The minimum atomic E-state index is -5.17. The Labute approximate surface area is 269 Å². The van der Waals surface area contributed by atoms with Crippen molar-refractivity contribution in [2.75, 3.05) is 18.0 Å². The first-order chi connectivity index (χ1) is 19.7. The van der Waals surface area contributed by atoms with Crippen LogP contribution in [0.3, 0.4) is 0 Å². The molecule has 0 aliphatic carbocycles. The molecule has 0 saturated carbocycles. The van der Waals surface area contributed by atoms with E-state index in [4.69, 9.17) is 37.9 Å². The van der Waals surface area contributed by atoms with Crippen LogP contribution in [0.15, 0.2) is 12.1 Å². The predicted octanol–water partition coefficient (Wildman–Crippen LogP) is -0.385. The molecule has 3 aromatic rings. The number of aliphatic carboxylic acids is 3. The van der Waals surface area contributed by atoms with Gasteiger partial charge in [0.05, 0.1) is 24.2 Å². The fourth-order valence-corrected chi connectivity index (χ4v) is 3.56. The van der Waals surface area contributed by atoms with Crippen molar-refractivity contribution in [3.05, 3.63) is 34.9 Å². The van der Waals surface area contributed by atoms with E-state index in [0.29, 0.717) is 17.8 Å². The second-order valence-electron chi connectivity index (χ2n) is 8.97. The maximum absolute atomic E-state index is 10.3. The molecule has 0 aromatic carbocycles. The molecule has 0 atom stereocenters. The second-order valence-corrected chi connectivity index (χ2v) is 9.79. The van der Waals surface area contributed by atoms with Crippen molar-refractivity contribution in [2.45, 2.75) is 60.0 Å². The molecule has 1 radical (unpaired) electrons. The van der Waals surface area contributed by atoms with Gasteiger partial charge in [-0.25, -0.2) is 14.2 Å². The van der Waals surface area contributed by atoms with Crippen LogP contribution in [0, 0.1) is 27.7 Å². The fourth-order valence-electron chi connectivity index (χ4n) is 3.56. The van der Waals surface area contributed by atoms with Gasteiger partial charge in [0, 0.05) is 34.9 Å². The first kappa shape index (κ1) is 43.1. The molecule has 4 N–H and O–H groups in total. The van der Waals surface area contributed by atoms with E-state index in [1.807, 2.05) is 39.8 Å². The summed E-state index contributed by atoms with van der Waals surface area (Å²) < 4.78 is 37.6. The first-order valence-electron chi connectivity index (χ1n) is 12.3. The van der Waals surface area contributed by atoms with E-state index in [-0.39, 0.29) is 24.0 Å². The van der Waals surface area contributed by atoms with Gasteiger partial charge in [0.15, 0.2) is 5.60 Å². The number of aryl methyl sites for hydroxylation is 4. The van der Waals surface area contributed by atoms with Crippen molar-refractivity contribution in [3.8, 4) is 11.9 Å². The van der Waals surface area contributed by atoms with E-state index in [2.05, 4.69) is 43.9 Å². The maximum atomic E-state index is 10.3. The summed E-state index contributed by atoms with van der Waals surface area (Å²) in [7, 11) is -5.17. The van der Waals surface area contributed by atoms with Gasteiger partial charge in [0.2, 0.25) is 5.95 Å². The summed E-state index contributed by atoms with van der Waals surface area (Å²) >= 11 is 0. The Balaban J connectivity index is 0. The minimum absolute atomic E-state index is 0. The number of aliphatic hydroxyl groups is 1. The van der Waals surface area contributed by atoms with Crippen LogP contribution in [0.4, 0.5) is 5.95 Å². The van der Waals surface area contributed by atoms with Crippen LogP contribution in [0.25, 0.3) is 11.9 Å². The molecular formula is C23H32N8O12SV. The number of rotatable bonds is 10. The van der Waals surface area contributed by atoms with E-state index < -0.39 is 46.7 Å². The normalized spacial score (nSPS) is 10.6. The molecule has 22 heteroatoms. The number of nitrogens with zero attached hydrogens (tertiary/aromatic N) is 8. The molecule has 0 spiro atoms. The van der Waals surface area contributed by atoms with Gasteiger partial charge in [0.25, 0.3) is 11.9 Å². The van der Waals surface area contributed by atoms with E-state index in [0.717, 1.165) is 35.9 Å². The molecule has 0 aliphatic rings. The summed E-state index contributed by atoms with van der Waals surface area (Å²) in [6.07, 6.45) is -2.29. The summed E-state index contributed by atoms with van der Waals surface area (Å²) in [5.41, 5.74) is 1.07. The molecule has 0 bridgehead atoms. The van der Waals surface area contributed by atoms with Crippen LogP contribution in [0.2, 0.25) is 0 Å². The number of carbonyl (C=O) groups is 3. The average Bonchev–Trinajstić information content (AvgIpc) is 3.37. The molecule has 0 aliphatic heterocycles. The van der Waals surface area contributed by atoms with Gasteiger partial charge in [0.1, 0.15) is 0 Å². The van der Waals surface area contributed by atoms with Crippen molar-refractivity contribution in [3.63, 3.8) is 0 Å². The Hall–Kier alpha value is -3.99. The number of hydrogen-bond acceptors (Lipinski definition) is 14. The van der Waals surface area contributed by atoms with E-state index >= 15 is 0 Å². The van der Waals surface area contributed by atoms with Gasteiger partial charge in [-0.1, -0.05) is 0 Å². The van der Waals surface area contributed by atoms with E-state index in [1.165, 1.54) is 0 Å². The number of carboxylic acid groups (broad SMARTS) is 3. The molecule has 0 fully saturated rings. The van der Waals surface area contributed by atoms with Crippen molar-refractivity contribution in [1.29, 1.82) is 0 Å². The summed E-state index contributed by atoms with van der Waals surface area (Å²) in [5.74, 6) is -3.38. The molecule has 247 valence electrons. The summed E-state index contributed by atoms with van der Waals surface area (Å²) in [6, 6.07) is 4.01. The zero-order chi connectivity index (χ0) is 33.3. The Kier molecular flexibility index (Phi) is 17.4. The third-order valence-electron chi connectivity index (χ3n) is 5.33. The Morgan fingerprint density at radius 3 is 1.38 bits per heavy atom. The topological polar surface area (TPSA) is 318 Å². The number of aromatic nitrogens is 7. The van der Waals surface area contributed by atoms with Crippen molar-refractivity contribution >= 4 is 34.3 Å². The molecule has 20 nitrogen and oxygen atoms in total. The third-order valence-corrected chi connectivity index (χ3v) is 5.33. The molecule has 3 heterocycles. The van der Waals surface area contributed by atoms with Crippen molar-refractivity contribution in [2.24, 2.45) is 0 Å². The predicted molar refractivity (Wildman–Crippen MR) is 145 cm³/mol. The van der Waals surface area contributed by atoms with Crippen LogP contribution in [0.1, 0.15) is 49.5 Å². The van der Waals surface area contributed by atoms with Crippen LogP contribution in [0.5, 0.6) is 0 Å². The third kappa shape index (κ3) is 14.1. The summed E-state index contributed by atoms with van der Waals surface area (Å²) in [4.78, 5) is 46.5. The van der Waals surface area contributed by atoms with Gasteiger partial charge < -0.3 is 39.9 Å². The zero-order valence-corrected chi connectivity index (χ0v) is 27.2. The zero-order valence-electron chi connectivity index (χ0n) is 25.0. The molecular weight excluding hydrogens is 663 g/mol. The van der Waals surface area contributed by atoms with Crippen LogP contribution < -0.4 is 4.90 Å². The smallest absolute Gasteiger partial charge is 2.00 e. The largest absolute Gasteiger partial charge is 4.00 e.